The van der Waals surface area contributed by atoms with Crippen molar-refractivity contribution < 1.29 is 9.59 Å². The Hall–Kier alpha value is -1.26. The predicted octanol–water partition coefficient (Wildman–Crippen LogP) is 1.49. The number of nitrogens with zero attached hydrogens (tertiary/aromatic N) is 1. The summed E-state index contributed by atoms with van der Waals surface area (Å²) in [5, 5.41) is 5.54. The summed E-state index contributed by atoms with van der Waals surface area (Å²) in [6.07, 6.45) is 2.44. The quantitative estimate of drug-likeness (QED) is 0.501. The molecule has 2 N–H and O–H groups in total. The Labute approximate surface area is 83.8 Å². The Morgan fingerprint density at radius 2 is 2.07 bits per heavy atom. The molecule has 0 spiro atoms. The van der Waals surface area contributed by atoms with Crippen LogP contribution in [0.2, 0.25) is 0 Å². The van der Waals surface area contributed by atoms with Gasteiger partial charge in [0.15, 0.2) is 0 Å². The van der Waals surface area contributed by atoms with Crippen LogP contribution in [0.4, 0.5) is 0 Å². The van der Waals surface area contributed by atoms with Crippen LogP contribution in [-0.4, -0.2) is 18.4 Å². The van der Waals surface area contributed by atoms with E-state index < -0.39 is 0 Å². The molecule has 0 unspecified atom stereocenters. The van der Waals surface area contributed by atoms with E-state index in [9.17, 15) is 9.59 Å². The van der Waals surface area contributed by atoms with Crippen molar-refractivity contribution in [2.45, 2.75) is 33.1 Å². The number of unbranched alkanes of at least 4 members (excludes halogenated alkanes) is 1. The number of hydrogen-bond donors (Lipinski definition) is 2. The molecule has 0 aromatic rings. The van der Waals surface area contributed by atoms with Gasteiger partial charge in [-0.3, -0.25) is 9.59 Å². The fourth-order valence-electron chi connectivity index (χ4n) is 1.07. The molecule has 5 nitrogen and oxygen atoms in total. The lowest BCUT2D eigenvalue weighted by Gasteiger charge is -2.05. The molecule has 0 fully saturated rings. The Kier molecular flexibility index (Phi) is 6.53. The molecule has 0 radical (unpaired) electrons. The summed E-state index contributed by atoms with van der Waals surface area (Å²) in [6, 6.07) is 0. The highest BCUT2D eigenvalue weighted by Crippen LogP contribution is 2.08. The molecule has 0 aliphatic heterocycles. The van der Waals surface area contributed by atoms with Gasteiger partial charge in [-0.2, -0.15) is 0 Å². The Balaban J connectivity index is 3.40. The lowest BCUT2D eigenvalue weighted by Crippen LogP contribution is -2.21. The third kappa shape index (κ3) is 6.28. The standard InChI is InChI=1S/C9H17N3O2/c1-7(9(14)12-10)5-3-4-6-11-8(2)13/h7,10H,3-6H2,1-2H3,(H,11,13)/t7-/m0/s1. The van der Waals surface area contributed by atoms with Crippen molar-refractivity contribution in [1.29, 1.82) is 5.53 Å². The largest absolute Gasteiger partial charge is 0.356 e. The van der Waals surface area contributed by atoms with Crippen LogP contribution in [0.3, 0.4) is 0 Å². The van der Waals surface area contributed by atoms with Crippen molar-refractivity contribution >= 4 is 11.8 Å². The molecule has 1 atom stereocenters. The summed E-state index contributed by atoms with van der Waals surface area (Å²) in [5.74, 6) is -0.579. The van der Waals surface area contributed by atoms with Gasteiger partial charge in [-0.15, -0.1) is 5.11 Å². The maximum Gasteiger partial charge on any atom is 0.266 e. The number of nitrogens with one attached hydrogen (secondary N) is 2. The molecule has 0 aromatic heterocycles. The first-order valence-corrected chi connectivity index (χ1v) is 4.73. The van der Waals surface area contributed by atoms with Gasteiger partial charge in [0, 0.05) is 19.4 Å². The number of amides is 2. The zero-order valence-electron chi connectivity index (χ0n) is 8.67. The van der Waals surface area contributed by atoms with Crippen molar-refractivity contribution in [3.63, 3.8) is 0 Å². The number of carbonyl (C=O) groups excluding carboxylic acids is 2. The smallest absolute Gasteiger partial charge is 0.266 e. The summed E-state index contributed by atoms with van der Waals surface area (Å²) in [7, 11) is 0. The van der Waals surface area contributed by atoms with E-state index in [2.05, 4.69) is 10.4 Å². The Morgan fingerprint density at radius 1 is 1.43 bits per heavy atom. The van der Waals surface area contributed by atoms with Crippen LogP contribution in [0.15, 0.2) is 5.11 Å². The molecule has 0 saturated carbocycles. The monoisotopic (exact) mass is 199 g/mol. The van der Waals surface area contributed by atoms with Crippen molar-refractivity contribution in [2.24, 2.45) is 11.0 Å². The van der Waals surface area contributed by atoms with Crippen LogP contribution in [-0.2, 0) is 9.59 Å². The van der Waals surface area contributed by atoms with E-state index in [1.165, 1.54) is 6.92 Å². The molecular formula is C9H17N3O2. The van der Waals surface area contributed by atoms with E-state index in [4.69, 9.17) is 5.53 Å². The van der Waals surface area contributed by atoms with Crippen LogP contribution in [0.5, 0.6) is 0 Å². The molecule has 14 heavy (non-hydrogen) atoms. The van der Waals surface area contributed by atoms with Gasteiger partial charge in [0.05, 0.1) is 0 Å². The number of rotatable bonds is 6. The first kappa shape index (κ1) is 12.7. The van der Waals surface area contributed by atoms with Crippen LogP contribution >= 0.6 is 0 Å². The number of hydrogen-bond acceptors (Lipinski definition) is 3. The Morgan fingerprint density at radius 3 is 2.57 bits per heavy atom. The maximum atomic E-state index is 10.9. The van der Waals surface area contributed by atoms with E-state index in [0.29, 0.717) is 6.54 Å². The molecule has 80 valence electrons. The molecule has 0 aliphatic rings. The normalized spacial score (nSPS) is 11.9. The third-order valence-corrected chi connectivity index (χ3v) is 1.97. The second-order valence-electron chi connectivity index (χ2n) is 3.33. The summed E-state index contributed by atoms with van der Waals surface area (Å²) in [6.45, 7) is 3.89. The SMILES string of the molecule is CC(=O)NCCCC[C@H](C)C(=O)N=N. The topological polar surface area (TPSA) is 82.4 Å². The van der Waals surface area contributed by atoms with Gasteiger partial charge in [-0.25, -0.2) is 5.53 Å². The van der Waals surface area contributed by atoms with Crippen LogP contribution in [0.25, 0.3) is 0 Å². The van der Waals surface area contributed by atoms with E-state index >= 15 is 0 Å². The highest BCUT2D eigenvalue weighted by Gasteiger charge is 2.10. The van der Waals surface area contributed by atoms with Crippen molar-refractivity contribution in [1.82, 2.24) is 5.32 Å². The lowest BCUT2D eigenvalue weighted by atomic mass is 10.0. The van der Waals surface area contributed by atoms with Gasteiger partial charge in [0.2, 0.25) is 5.91 Å². The minimum absolute atomic E-state index is 0.0321. The molecule has 0 aromatic carbocycles. The summed E-state index contributed by atoms with van der Waals surface area (Å²) in [5.41, 5.74) is 6.53. The predicted molar refractivity (Wildman–Crippen MR) is 51.9 cm³/mol. The Bertz CT molecular complexity index is 216. The van der Waals surface area contributed by atoms with Crippen LogP contribution in [0.1, 0.15) is 33.1 Å². The maximum absolute atomic E-state index is 10.9. The zero-order valence-corrected chi connectivity index (χ0v) is 8.67. The molecule has 0 rings (SSSR count). The molecule has 0 bridgehead atoms. The van der Waals surface area contributed by atoms with Crippen molar-refractivity contribution in [3.8, 4) is 0 Å². The summed E-state index contributed by atoms with van der Waals surface area (Å²) in [4.78, 5) is 21.4. The minimum atomic E-state index is -0.371. The van der Waals surface area contributed by atoms with Gasteiger partial charge in [0.1, 0.15) is 0 Å². The fraction of sp³-hybridized carbons (Fsp3) is 0.778. The number of carbonyl (C=O) groups is 2. The average Bonchev–Trinajstić information content (AvgIpc) is 2.15. The second-order valence-corrected chi connectivity index (χ2v) is 3.33. The van der Waals surface area contributed by atoms with E-state index in [0.717, 1.165) is 19.3 Å². The molecule has 2 amide bonds. The lowest BCUT2D eigenvalue weighted by molar-refractivity contribution is -0.122. The minimum Gasteiger partial charge on any atom is -0.356 e. The van der Waals surface area contributed by atoms with Gasteiger partial charge in [0.25, 0.3) is 5.91 Å². The van der Waals surface area contributed by atoms with Crippen LogP contribution < -0.4 is 5.32 Å². The fourth-order valence-corrected chi connectivity index (χ4v) is 1.07. The van der Waals surface area contributed by atoms with E-state index in [1.54, 1.807) is 6.92 Å². The highest BCUT2D eigenvalue weighted by molar-refractivity contribution is 5.78. The molecular weight excluding hydrogens is 182 g/mol. The summed E-state index contributed by atoms with van der Waals surface area (Å²) >= 11 is 0. The van der Waals surface area contributed by atoms with Gasteiger partial charge in [-0.05, 0) is 12.8 Å². The summed E-state index contributed by atoms with van der Waals surface area (Å²) < 4.78 is 0. The van der Waals surface area contributed by atoms with Gasteiger partial charge >= 0.3 is 0 Å². The highest BCUT2D eigenvalue weighted by atomic mass is 16.2. The molecule has 0 aliphatic carbocycles. The zero-order chi connectivity index (χ0) is 11.0. The van der Waals surface area contributed by atoms with Gasteiger partial charge < -0.3 is 5.32 Å². The van der Waals surface area contributed by atoms with Gasteiger partial charge in [-0.1, -0.05) is 13.3 Å². The third-order valence-electron chi connectivity index (χ3n) is 1.97. The first-order valence-electron chi connectivity index (χ1n) is 4.73. The molecule has 5 heteroatoms. The van der Waals surface area contributed by atoms with E-state index in [-0.39, 0.29) is 17.7 Å². The van der Waals surface area contributed by atoms with Crippen molar-refractivity contribution in [2.75, 3.05) is 6.54 Å². The van der Waals surface area contributed by atoms with Crippen molar-refractivity contribution in [3.05, 3.63) is 0 Å². The second kappa shape index (κ2) is 7.17. The van der Waals surface area contributed by atoms with E-state index in [1.807, 2.05) is 0 Å². The molecule has 0 heterocycles. The average molecular weight is 199 g/mol. The van der Waals surface area contributed by atoms with Crippen LogP contribution in [0, 0.1) is 11.4 Å². The first-order chi connectivity index (χ1) is 6.57. The molecule has 0 saturated heterocycles.